The molecule has 0 aliphatic carbocycles. The predicted molar refractivity (Wildman–Crippen MR) is 60.0 cm³/mol. The highest BCUT2D eigenvalue weighted by Gasteiger charge is 2.15. The second kappa shape index (κ2) is 4.70. The van der Waals surface area contributed by atoms with E-state index >= 15 is 0 Å². The van der Waals surface area contributed by atoms with E-state index in [2.05, 4.69) is 5.32 Å². The minimum Gasteiger partial charge on any atom is -0.478 e. The average molecular weight is 249 g/mol. The van der Waals surface area contributed by atoms with Gasteiger partial charge in [-0.2, -0.15) is 0 Å². The number of furan rings is 1. The lowest BCUT2D eigenvalue weighted by atomic mass is 10.1. The molecule has 2 rings (SSSR count). The molecule has 0 aliphatic heterocycles. The molecule has 2 aromatic rings. The Labute approximate surface area is 101 Å². The van der Waals surface area contributed by atoms with Crippen molar-refractivity contribution in [2.24, 2.45) is 0 Å². The van der Waals surface area contributed by atoms with Crippen molar-refractivity contribution in [2.75, 3.05) is 5.32 Å². The summed E-state index contributed by atoms with van der Waals surface area (Å²) in [7, 11) is 0. The number of aromatic carboxylic acids is 1. The van der Waals surface area contributed by atoms with Crippen molar-refractivity contribution in [1.82, 2.24) is 0 Å². The number of benzene rings is 1. The van der Waals surface area contributed by atoms with Crippen molar-refractivity contribution in [2.45, 2.75) is 0 Å². The molecular formula is C12H8FNO4. The summed E-state index contributed by atoms with van der Waals surface area (Å²) in [4.78, 5) is 22.6. The van der Waals surface area contributed by atoms with E-state index < -0.39 is 17.7 Å². The van der Waals surface area contributed by atoms with Gasteiger partial charge in [0.15, 0.2) is 0 Å². The van der Waals surface area contributed by atoms with Gasteiger partial charge < -0.3 is 14.8 Å². The maximum atomic E-state index is 12.9. The van der Waals surface area contributed by atoms with Gasteiger partial charge in [-0.15, -0.1) is 0 Å². The zero-order valence-corrected chi connectivity index (χ0v) is 9.01. The van der Waals surface area contributed by atoms with Gasteiger partial charge in [0.25, 0.3) is 5.91 Å². The Morgan fingerprint density at radius 1 is 1.28 bits per heavy atom. The summed E-state index contributed by atoms with van der Waals surface area (Å²) in [5.41, 5.74) is -0.0439. The molecule has 5 nitrogen and oxygen atoms in total. The second-order valence-electron chi connectivity index (χ2n) is 3.46. The van der Waals surface area contributed by atoms with E-state index in [1.165, 1.54) is 24.7 Å². The van der Waals surface area contributed by atoms with Gasteiger partial charge in [-0.25, -0.2) is 9.18 Å². The molecule has 0 radical (unpaired) electrons. The predicted octanol–water partition coefficient (Wildman–Crippen LogP) is 2.37. The SMILES string of the molecule is O=C(Nc1ccc(F)cc1C(=O)O)c1ccoc1. The highest BCUT2D eigenvalue weighted by Crippen LogP contribution is 2.18. The molecule has 0 unspecified atom stereocenters. The first-order valence-corrected chi connectivity index (χ1v) is 4.94. The number of hydrogen-bond donors (Lipinski definition) is 2. The number of carbonyl (C=O) groups excluding carboxylic acids is 1. The van der Waals surface area contributed by atoms with E-state index in [9.17, 15) is 14.0 Å². The molecule has 2 N–H and O–H groups in total. The van der Waals surface area contributed by atoms with E-state index in [0.717, 1.165) is 12.1 Å². The third-order valence-electron chi connectivity index (χ3n) is 2.24. The molecule has 0 bridgehead atoms. The van der Waals surface area contributed by atoms with Gasteiger partial charge in [-0.3, -0.25) is 4.79 Å². The van der Waals surface area contributed by atoms with Crippen molar-refractivity contribution in [3.63, 3.8) is 0 Å². The van der Waals surface area contributed by atoms with Crippen LogP contribution >= 0.6 is 0 Å². The smallest absolute Gasteiger partial charge is 0.337 e. The largest absolute Gasteiger partial charge is 0.478 e. The summed E-state index contributed by atoms with van der Waals surface area (Å²) in [6.07, 6.45) is 2.54. The Morgan fingerprint density at radius 3 is 2.67 bits per heavy atom. The summed E-state index contributed by atoms with van der Waals surface area (Å²) in [5, 5.41) is 11.3. The maximum absolute atomic E-state index is 12.9. The number of nitrogens with one attached hydrogen (secondary N) is 1. The topological polar surface area (TPSA) is 79.5 Å². The lowest BCUT2D eigenvalue weighted by molar-refractivity contribution is 0.0697. The Kier molecular flexibility index (Phi) is 3.09. The van der Waals surface area contributed by atoms with Gasteiger partial charge in [-0.1, -0.05) is 0 Å². The monoisotopic (exact) mass is 249 g/mol. The summed E-state index contributed by atoms with van der Waals surface area (Å²) in [5.74, 6) is -2.54. The Bertz CT molecular complexity index is 592. The van der Waals surface area contributed by atoms with E-state index in [1.807, 2.05) is 0 Å². The van der Waals surface area contributed by atoms with Crippen LogP contribution in [-0.4, -0.2) is 17.0 Å². The van der Waals surface area contributed by atoms with Crippen LogP contribution in [0.3, 0.4) is 0 Å². The maximum Gasteiger partial charge on any atom is 0.337 e. The van der Waals surface area contributed by atoms with Gasteiger partial charge in [0.05, 0.1) is 23.1 Å². The number of hydrogen-bond acceptors (Lipinski definition) is 3. The van der Waals surface area contributed by atoms with Crippen molar-refractivity contribution in [1.29, 1.82) is 0 Å². The molecule has 92 valence electrons. The number of carboxylic acids is 1. The van der Waals surface area contributed by atoms with Gasteiger partial charge in [0.2, 0.25) is 0 Å². The number of rotatable bonds is 3. The summed E-state index contributed by atoms with van der Waals surface area (Å²) in [6.45, 7) is 0. The van der Waals surface area contributed by atoms with Crippen LogP contribution in [0.2, 0.25) is 0 Å². The van der Waals surface area contributed by atoms with Gasteiger partial charge in [0, 0.05) is 0 Å². The van der Waals surface area contributed by atoms with Crippen LogP contribution < -0.4 is 5.32 Å². The lowest BCUT2D eigenvalue weighted by Crippen LogP contribution is -2.14. The first-order valence-electron chi connectivity index (χ1n) is 4.94. The molecule has 6 heteroatoms. The minimum absolute atomic E-state index is 0.0232. The van der Waals surface area contributed by atoms with Crippen LogP contribution in [0.1, 0.15) is 20.7 Å². The number of carboxylic acid groups (broad SMARTS) is 1. The third kappa shape index (κ3) is 2.37. The highest BCUT2D eigenvalue weighted by atomic mass is 19.1. The Balaban J connectivity index is 2.29. The van der Waals surface area contributed by atoms with Crippen molar-refractivity contribution >= 4 is 17.6 Å². The standard InChI is InChI=1S/C12H8FNO4/c13-8-1-2-10(9(5-8)12(16)17)14-11(15)7-3-4-18-6-7/h1-6H,(H,14,15)(H,16,17). The Hall–Kier alpha value is -2.63. The van der Waals surface area contributed by atoms with E-state index in [0.29, 0.717) is 0 Å². The first-order chi connectivity index (χ1) is 8.58. The quantitative estimate of drug-likeness (QED) is 0.875. The lowest BCUT2D eigenvalue weighted by Gasteiger charge is -2.07. The molecule has 0 spiro atoms. The fourth-order valence-electron chi connectivity index (χ4n) is 1.39. The fraction of sp³-hybridized carbons (Fsp3) is 0. The van der Waals surface area contributed by atoms with E-state index in [1.54, 1.807) is 0 Å². The van der Waals surface area contributed by atoms with Crippen LogP contribution in [0.4, 0.5) is 10.1 Å². The number of amides is 1. The molecule has 0 saturated heterocycles. The molecule has 1 amide bonds. The van der Waals surface area contributed by atoms with Crippen molar-refractivity contribution in [3.05, 3.63) is 53.7 Å². The van der Waals surface area contributed by atoms with Gasteiger partial charge in [-0.05, 0) is 24.3 Å². The average Bonchev–Trinajstić information content (AvgIpc) is 2.84. The van der Waals surface area contributed by atoms with Crippen LogP contribution in [0.15, 0.2) is 41.2 Å². The van der Waals surface area contributed by atoms with Crippen LogP contribution in [0, 0.1) is 5.82 Å². The van der Waals surface area contributed by atoms with E-state index in [4.69, 9.17) is 9.52 Å². The first kappa shape index (κ1) is 11.8. The second-order valence-corrected chi connectivity index (χ2v) is 3.46. The van der Waals surface area contributed by atoms with Crippen molar-refractivity contribution < 1.29 is 23.5 Å². The minimum atomic E-state index is -1.32. The number of halogens is 1. The normalized spacial score (nSPS) is 10.1. The molecule has 0 atom stereocenters. The summed E-state index contributed by atoms with van der Waals surface area (Å²) in [6, 6.07) is 4.53. The molecule has 1 aromatic carbocycles. The van der Waals surface area contributed by atoms with Crippen LogP contribution in [0.5, 0.6) is 0 Å². The molecule has 18 heavy (non-hydrogen) atoms. The molecule has 1 heterocycles. The zero-order valence-electron chi connectivity index (χ0n) is 9.01. The fourth-order valence-corrected chi connectivity index (χ4v) is 1.39. The van der Waals surface area contributed by atoms with Gasteiger partial charge >= 0.3 is 5.97 Å². The zero-order chi connectivity index (χ0) is 13.1. The highest BCUT2D eigenvalue weighted by molar-refractivity contribution is 6.07. The van der Waals surface area contributed by atoms with E-state index in [-0.39, 0.29) is 16.8 Å². The van der Waals surface area contributed by atoms with Crippen LogP contribution in [0.25, 0.3) is 0 Å². The van der Waals surface area contributed by atoms with Crippen LogP contribution in [-0.2, 0) is 0 Å². The summed E-state index contributed by atoms with van der Waals surface area (Å²) < 4.78 is 17.7. The Morgan fingerprint density at radius 2 is 2.06 bits per heavy atom. The van der Waals surface area contributed by atoms with Gasteiger partial charge in [0.1, 0.15) is 12.1 Å². The molecule has 0 aliphatic rings. The summed E-state index contributed by atoms with van der Waals surface area (Å²) >= 11 is 0. The third-order valence-corrected chi connectivity index (χ3v) is 2.24. The number of carbonyl (C=O) groups is 2. The number of anilines is 1. The molecular weight excluding hydrogens is 241 g/mol. The molecule has 0 saturated carbocycles. The van der Waals surface area contributed by atoms with Crippen molar-refractivity contribution in [3.8, 4) is 0 Å². The molecule has 1 aromatic heterocycles. The molecule has 0 fully saturated rings.